The van der Waals surface area contributed by atoms with Crippen LogP contribution in [0, 0.1) is 0 Å². The van der Waals surface area contributed by atoms with Gasteiger partial charge < -0.3 is 15.5 Å². The van der Waals surface area contributed by atoms with Gasteiger partial charge in [0.05, 0.1) is 5.00 Å². The van der Waals surface area contributed by atoms with Gasteiger partial charge in [-0.3, -0.25) is 9.98 Å². The number of rotatable bonds is 6. The summed E-state index contributed by atoms with van der Waals surface area (Å²) in [4.78, 5) is 11.4. The fourth-order valence-electron chi connectivity index (χ4n) is 3.05. The quantitative estimate of drug-likeness (QED) is 0.617. The fourth-order valence-corrected chi connectivity index (χ4v) is 3.84. The van der Waals surface area contributed by atoms with Crippen LogP contribution in [0.4, 0.5) is 5.00 Å². The van der Waals surface area contributed by atoms with Crippen LogP contribution in [-0.2, 0) is 6.42 Å². The van der Waals surface area contributed by atoms with Crippen molar-refractivity contribution in [1.29, 1.82) is 0 Å². The monoisotopic (exact) mass is 357 g/mol. The zero-order chi connectivity index (χ0) is 17.3. The SMILES string of the molecule is CCNC(=NCCc1cccnc1)NC1CCN(c2cccs2)CC1. The number of aliphatic imine (C=N–C) groups is 1. The first-order chi connectivity index (χ1) is 12.3. The summed E-state index contributed by atoms with van der Waals surface area (Å²) >= 11 is 1.83. The number of hydrogen-bond donors (Lipinski definition) is 2. The van der Waals surface area contributed by atoms with E-state index in [2.05, 4.69) is 51.0 Å². The average molecular weight is 358 g/mol. The Kier molecular flexibility index (Phi) is 6.68. The highest BCUT2D eigenvalue weighted by molar-refractivity contribution is 7.14. The lowest BCUT2D eigenvalue weighted by Gasteiger charge is -2.33. The molecule has 134 valence electrons. The molecule has 25 heavy (non-hydrogen) atoms. The number of piperidine rings is 1. The molecule has 0 spiro atoms. The molecule has 5 nitrogen and oxygen atoms in total. The summed E-state index contributed by atoms with van der Waals surface area (Å²) in [6.07, 6.45) is 6.92. The summed E-state index contributed by atoms with van der Waals surface area (Å²) < 4.78 is 0. The molecule has 0 aromatic carbocycles. The van der Waals surface area contributed by atoms with Gasteiger partial charge in [0.1, 0.15) is 0 Å². The van der Waals surface area contributed by atoms with Crippen molar-refractivity contribution in [2.75, 3.05) is 31.1 Å². The number of pyridine rings is 1. The molecular weight excluding hydrogens is 330 g/mol. The Bertz CT molecular complexity index is 633. The van der Waals surface area contributed by atoms with Crippen LogP contribution in [0.15, 0.2) is 47.0 Å². The van der Waals surface area contributed by atoms with Crippen LogP contribution in [0.5, 0.6) is 0 Å². The Morgan fingerprint density at radius 2 is 2.20 bits per heavy atom. The summed E-state index contributed by atoms with van der Waals surface area (Å²) in [6.45, 7) is 5.97. The molecule has 0 saturated carbocycles. The van der Waals surface area contributed by atoms with Crippen LogP contribution in [0.25, 0.3) is 0 Å². The van der Waals surface area contributed by atoms with Crippen molar-refractivity contribution in [3.8, 4) is 0 Å². The summed E-state index contributed by atoms with van der Waals surface area (Å²) in [5.41, 5.74) is 1.23. The molecule has 0 bridgehead atoms. The predicted octanol–water partition coefficient (Wildman–Crippen LogP) is 2.91. The molecule has 2 aromatic heterocycles. The number of hydrogen-bond acceptors (Lipinski definition) is 4. The minimum absolute atomic E-state index is 0.493. The highest BCUT2D eigenvalue weighted by atomic mass is 32.1. The zero-order valence-corrected chi connectivity index (χ0v) is 15.6. The maximum atomic E-state index is 4.73. The molecule has 1 aliphatic heterocycles. The minimum Gasteiger partial charge on any atom is -0.363 e. The Hall–Kier alpha value is -2.08. The number of nitrogens with one attached hydrogen (secondary N) is 2. The second kappa shape index (κ2) is 9.42. The van der Waals surface area contributed by atoms with Crippen LogP contribution in [-0.4, -0.2) is 43.2 Å². The maximum absolute atomic E-state index is 4.73. The van der Waals surface area contributed by atoms with E-state index in [0.29, 0.717) is 6.04 Å². The van der Waals surface area contributed by atoms with Crippen LogP contribution < -0.4 is 15.5 Å². The number of thiophene rings is 1. The fraction of sp³-hybridized carbons (Fsp3) is 0.474. The number of anilines is 1. The lowest BCUT2D eigenvalue weighted by Crippen LogP contribution is -2.48. The van der Waals surface area contributed by atoms with Crippen LogP contribution in [0.2, 0.25) is 0 Å². The van der Waals surface area contributed by atoms with E-state index >= 15 is 0 Å². The van der Waals surface area contributed by atoms with E-state index in [0.717, 1.165) is 51.4 Å². The van der Waals surface area contributed by atoms with Gasteiger partial charge in [0.15, 0.2) is 5.96 Å². The largest absolute Gasteiger partial charge is 0.363 e. The van der Waals surface area contributed by atoms with Crippen molar-refractivity contribution in [2.24, 2.45) is 4.99 Å². The first-order valence-corrected chi connectivity index (χ1v) is 9.95. The Labute approximate surface area is 154 Å². The van der Waals surface area contributed by atoms with Crippen molar-refractivity contribution in [3.63, 3.8) is 0 Å². The van der Waals surface area contributed by atoms with Crippen molar-refractivity contribution < 1.29 is 0 Å². The van der Waals surface area contributed by atoms with Gasteiger partial charge in [-0.15, -0.1) is 11.3 Å². The first kappa shape index (κ1) is 17.7. The van der Waals surface area contributed by atoms with Crippen molar-refractivity contribution in [3.05, 3.63) is 47.6 Å². The maximum Gasteiger partial charge on any atom is 0.191 e. The number of guanidine groups is 1. The highest BCUT2D eigenvalue weighted by Gasteiger charge is 2.20. The molecule has 0 atom stereocenters. The third-order valence-corrected chi connectivity index (χ3v) is 5.32. The zero-order valence-electron chi connectivity index (χ0n) is 14.8. The highest BCUT2D eigenvalue weighted by Crippen LogP contribution is 2.24. The molecule has 2 N–H and O–H groups in total. The molecule has 1 saturated heterocycles. The topological polar surface area (TPSA) is 52.6 Å². The summed E-state index contributed by atoms with van der Waals surface area (Å²) in [5, 5.41) is 10.5. The summed E-state index contributed by atoms with van der Waals surface area (Å²) in [5.74, 6) is 0.931. The van der Waals surface area contributed by atoms with E-state index in [1.807, 2.05) is 23.6 Å². The molecule has 0 radical (unpaired) electrons. The summed E-state index contributed by atoms with van der Waals surface area (Å²) in [7, 11) is 0. The van der Waals surface area contributed by atoms with Crippen LogP contribution in [0.1, 0.15) is 25.3 Å². The minimum atomic E-state index is 0.493. The summed E-state index contributed by atoms with van der Waals surface area (Å²) in [6, 6.07) is 8.91. The third-order valence-electron chi connectivity index (χ3n) is 4.39. The second-order valence-electron chi connectivity index (χ2n) is 6.23. The van der Waals surface area contributed by atoms with Gasteiger partial charge in [0.2, 0.25) is 0 Å². The van der Waals surface area contributed by atoms with Gasteiger partial charge in [-0.1, -0.05) is 6.07 Å². The molecule has 0 amide bonds. The Morgan fingerprint density at radius 1 is 1.32 bits per heavy atom. The van der Waals surface area contributed by atoms with Gasteiger partial charge in [-0.05, 0) is 55.3 Å². The first-order valence-electron chi connectivity index (χ1n) is 9.07. The van der Waals surface area contributed by atoms with Gasteiger partial charge in [0.25, 0.3) is 0 Å². The molecule has 0 aliphatic carbocycles. The van der Waals surface area contributed by atoms with Crippen LogP contribution in [0.3, 0.4) is 0 Å². The van der Waals surface area contributed by atoms with E-state index in [1.54, 1.807) is 6.20 Å². The van der Waals surface area contributed by atoms with Gasteiger partial charge in [0, 0.05) is 44.6 Å². The molecule has 1 aliphatic rings. The molecule has 3 rings (SSSR count). The Morgan fingerprint density at radius 3 is 2.88 bits per heavy atom. The second-order valence-corrected chi connectivity index (χ2v) is 7.16. The van der Waals surface area contributed by atoms with Crippen LogP contribution >= 0.6 is 11.3 Å². The van der Waals surface area contributed by atoms with Gasteiger partial charge in [-0.25, -0.2) is 0 Å². The standard InChI is InChI=1S/C19H27N5S/c1-2-21-19(22-11-7-16-5-3-10-20-15-16)23-17-8-12-24(13-9-17)18-6-4-14-25-18/h3-6,10,14-15,17H,2,7-9,11-13H2,1H3,(H2,21,22,23). The predicted molar refractivity (Wildman–Crippen MR) is 107 cm³/mol. The van der Waals surface area contributed by atoms with Crippen molar-refractivity contribution in [2.45, 2.75) is 32.2 Å². The molecule has 3 heterocycles. The smallest absolute Gasteiger partial charge is 0.191 e. The van der Waals surface area contributed by atoms with E-state index < -0.39 is 0 Å². The molecule has 1 fully saturated rings. The van der Waals surface area contributed by atoms with Crippen molar-refractivity contribution in [1.82, 2.24) is 15.6 Å². The lowest BCUT2D eigenvalue weighted by atomic mass is 10.1. The molecule has 0 unspecified atom stereocenters. The van der Waals surface area contributed by atoms with E-state index in [1.165, 1.54) is 10.6 Å². The molecule has 6 heteroatoms. The molecule has 2 aromatic rings. The van der Waals surface area contributed by atoms with E-state index in [4.69, 9.17) is 4.99 Å². The lowest BCUT2D eigenvalue weighted by molar-refractivity contribution is 0.463. The average Bonchev–Trinajstić information content (AvgIpc) is 3.18. The number of aromatic nitrogens is 1. The van der Waals surface area contributed by atoms with Crippen molar-refractivity contribution >= 4 is 22.3 Å². The normalized spacial score (nSPS) is 16.0. The Balaban J connectivity index is 1.47. The van der Waals surface area contributed by atoms with Gasteiger partial charge >= 0.3 is 0 Å². The van der Waals surface area contributed by atoms with E-state index in [-0.39, 0.29) is 0 Å². The number of nitrogens with zero attached hydrogens (tertiary/aromatic N) is 3. The van der Waals surface area contributed by atoms with E-state index in [9.17, 15) is 0 Å². The molecular formula is C19H27N5S. The third kappa shape index (κ3) is 5.46. The van der Waals surface area contributed by atoms with Gasteiger partial charge in [-0.2, -0.15) is 0 Å².